The van der Waals surface area contributed by atoms with Crippen LogP contribution in [0, 0.1) is 6.92 Å². The van der Waals surface area contributed by atoms with Gasteiger partial charge in [0, 0.05) is 25.0 Å². The highest BCUT2D eigenvalue weighted by Gasteiger charge is 2.25. The number of rotatable bonds is 2. The monoisotopic (exact) mass is 287 g/mol. The minimum atomic E-state index is -0.105. The molecule has 1 aliphatic rings. The van der Waals surface area contributed by atoms with Gasteiger partial charge < -0.3 is 4.90 Å². The molecule has 1 fully saturated rings. The molecule has 0 unspecified atom stereocenters. The Morgan fingerprint density at radius 2 is 2.00 bits per heavy atom. The fourth-order valence-corrected chi connectivity index (χ4v) is 2.97. The number of carbonyl (C=O) groups excluding carboxylic acids is 1. The maximum absolute atomic E-state index is 12.6. The van der Waals surface area contributed by atoms with E-state index in [-0.39, 0.29) is 11.7 Å². The molecule has 0 N–H and O–H groups in total. The third-order valence-electron chi connectivity index (χ3n) is 4.31. The Kier molecular flexibility index (Phi) is 3.86. The molecule has 0 atom stereocenters. The van der Waals surface area contributed by atoms with Crippen molar-refractivity contribution in [2.75, 3.05) is 7.05 Å². The van der Waals surface area contributed by atoms with Crippen molar-refractivity contribution in [3.63, 3.8) is 0 Å². The fraction of sp³-hybridized carbons (Fsp3) is 0.600. The summed E-state index contributed by atoms with van der Waals surface area (Å²) in [6, 6.07) is 2.16. The molecular formula is C15H21N5O. The summed E-state index contributed by atoms with van der Waals surface area (Å²) in [4.78, 5) is 22.8. The lowest BCUT2D eigenvalue weighted by Gasteiger charge is -2.25. The Morgan fingerprint density at radius 1 is 1.29 bits per heavy atom. The van der Waals surface area contributed by atoms with Gasteiger partial charge in [0.1, 0.15) is 0 Å². The quantitative estimate of drug-likeness (QED) is 0.795. The third kappa shape index (κ3) is 2.75. The molecule has 0 aromatic carbocycles. The molecular weight excluding hydrogens is 266 g/mol. The second-order valence-corrected chi connectivity index (χ2v) is 5.79. The van der Waals surface area contributed by atoms with E-state index < -0.39 is 0 Å². The number of nitrogens with zero attached hydrogens (tertiary/aromatic N) is 5. The molecule has 112 valence electrons. The minimum Gasteiger partial charge on any atom is -0.336 e. The van der Waals surface area contributed by atoms with Gasteiger partial charge in [-0.1, -0.05) is 25.7 Å². The smallest absolute Gasteiger partial charge is 0.293 e. The summed E-state index contributed by atoms with van der Waals surface area (Å²) in [6.45, 7) is 1.92. The van der Waals surface area contributed by atoms with Crippen LogP contribution in [0.2, 0.25) is 0 Å². The summed E-state index contributed by atoms with van der Waals surface area (Å²) < 4.78 is 1.62. The van der Waals surface area contributed by atoms with Crippen molar-refractivity contribution >= 4 is 11.7 Å². The lowest BCUT2D eigenvalue weighted by atomic mass is 10.1. The number of hydrogen-bond acceptors (Lipinski definition) is 4. The average molecular weight is 287 g/mol. The predicted molar refractivity (Wildman–Crippen MR) is 79.1 cm³/mol. The standard InChI is InChI=1S/C15H21N5O/c1-11-9-10-16-15-17-13(18-20(11)15)14(21)19(2)12-7-5-3-4-6-8-12/h9-10,12H,3-8H2,1-2H3. The number of fused-ring (bicyclic) bond motifs is 1. The Labute approximate surface area is 124 Å². The maximum Gasteiger partial charge on any atom is 0.293 e. The first-order valence-corrected chi connectivity index (χ1v) is 7.62. The van der Waals surface area contributed by atoms with Gasteiger partial charge in [0.15, 0.2) is 0 Å². The van der Waals surface area contributed by atoms with Crippen molar-refractivity contribution in [1.29, 1.82) is 0 Å². The van der Waals surface area contributed by atoms with Crippen LogP contribution in [0.5, 0.6) is 0 Å². The first-order chi connectivity index (χ1) is 10.2. The number of hydrogen-bond donors (Lipinski definition) is 0. The lowest BCUT2D eigenvalue weighted by Crippen LogP contribution is -2.37. The van der Waals surface area contributed by atoms with Crippen LogP contribution in [0.1, 0.15) is 54.8 Å². The molecule has 0 bridgehead atoms. The Hall–Kier alpha value is -1.98. The van der Waals surface area contributed by atoms with E-state index in [1.807, 2.05) is 24.9 Å². The van der Waals surface area contributed by atoms with Crippen molar-refractivity contribution in [1.82, 2.24) is 24.5 Å². The largest absolute Gasteiger partial charge is 0.336 e. The van der Waals surface area contributed by atoms with E-state index in [0.717, 1.165) is 18.5 Å². The van der Waals surface area contributed by atoms with Crippen LogP contribution in [0.25, 0.3) is 5.78 Å². The van der Waals surface area contributed by atoms with Crippen LogP contribution in [0.3, 0.4) is 0 Å². The summed E-state index contributed by atoms with van der Waals surface area (Å²) in [5.41, 5.74) is 0.920. The van der Waals surface area contributed by atoms with Gasteiger partial charge in [-0.05, 0) is 25.8 Å². The van der Waals surface area contributed by atoms with Crippen molar-refractivity contribution < 1.29 is 4.79 Å². The summed E-state index contributed by atoms with van der Waals surface area (Å²) in [5.74, 6) is 0.614. The second-order valence-electron chi connectivity index (χ2n) is 5.79. The zero-order valence-corrected chi connectivity index (χ0v) is 12.6. The van der Waals surface area contributed by atoms with Gasteiger partial charge in [-0.3, -0.25) is 4.79 Å². The van der Waals surface area contributed by atoms with Crippen LogP contribution < -0.4 is 0 Å². The summed E-state index contributed by atoms with van der Waals surface area (Å²) >= 11 is 0. The van der Waals surface area contributed by atoms with E-state index in [4.69, 9.17) is 0 Å². The molecule has 0 aliphatic heterocycles. The number of amides is 1. The van der Waals surface area contributed by atoms with Gasteiger partial charge in [0.25, 0.3) is 11.7 Å². The summed E-state index contributed by atoms with van der Waals surface area (Å²) in [7, 11) is 1.87. The van der Waals surface area contributed by atoms with Gasteiger partial charge in [0.05, 0.1) is 0 Å². The van der Waals surface area contributed by atoms with Crippen molar-refractivity contribution in [2.24, 2.45) is 0 Å². The molecule has 2 heterocycles. The molecule has 6 heteroatoms. The molecule has 6 nitrogen and oxygen atoms in total. The Morgan fingerprint density at radius 3 is 2.67 bits per heavy atom. The van der Waals surface area contributed by atoms with Crippen molar-refractivity contribution in [3.05, 3.63) is 23.8 Å². The highest BCUT2D eigenvalue weighted by Crippen LogP contribution is 2.21. The molecule has 2 aromatic heterocycles. The van der Waals surface area contributed by atoms with Crippen LogP contribution in [-0.4, -0.2) is 43.5 Å². The highest BCUT2D eigenvalue weighted by molar-refractivity contribution is 5.90. The molecule has 0 radical (unpaired) electrons. The minimum absolute atomic E-state index is 0.105. The predicted octanol–water partition coefficient (Wildman–Crippen LogP) is 2.23. The van der Waals surface area contributed by atoms with Crippen molar-refractivity contribution in [3.8, 4) is 0 Å². The molecule has 1 saturated carbocycles. The van der Waals surface area contributed by atoms with Gasteiger partial charge in [-0.15, -0.1) is 5.10 Å². The highest BCUT2D eigenvalue weighted by atomic mass is 16.2. The van der Waals surface area contributed by atoms with E-state index in [9.17, 15) is 4.79 Å². The molecule has 1 aliphatic carbocycles. The van der Waals surface area contributed by atoms with Gasteiger partial charge in [-0.2, -0.15) is 4.98 Å². The zero-order valence-electron chi connectivity index (χ0n) is 12.6. The van der Waals surface area contributed by atoms with Gasteiger partial charge in [0.2, 0.25) is 5.82 Å². The fourth-order valence-electron chi connectivity index (χ4n) is 2.97. The first-order valence-electron chi connectivity index (χ1n) is 7.62. The van der Waals surface area contributed by atoms with E-state index in [1.165, 1.54) is 25.7 Å². The Balaban J connectivity index is 1.83. The van der Waals surface area contributed by atoms with Crippen molar-refractivity contribution in [2.45, 2.75) is 51.5 Å². The maximum atomic E-state index is 12.6. The number of aryl methyl sites for hydroxylation is 1. The molecule has 2 aromatic rings. The van der Waals surface area contributed by atoms with E-state index in [0.29, 0.717) is 11.8 Å². The van der Waals surface area contributed by atoms with Crippen LogP contribution >= 0.6 is 0 Å². The van der Waals surface area contributed by atoms with E-state index in [1.54, 1.807) is 10.7 Å². The summed E-state index contributed by atoms with van der Waals surface area (Å²) in [6.07, 6.45) is 8.77. The number of carbonyl (C=O) groups is 1. The molecule has 0 spiro atoms. The molecule has 21 heavy (non-hydrogen) atoms. The van der Waals surface area contributed by atoms with Crippen LogP contribution in [-0.2, 0) is 0 Å². The van der Waals surface area contributed by atoms with Gasteiger partial charge >= 0.3 is 0 Å². The van der Waals surface area contributed by atoms with Crippen LogP contribution in [0.4, 0.5) is 0 Å². The topological polar surface area (TPSA) is 63.4 Å². The molecule has 3 rings (SSSR count). The van der Waals surface area contributed by atoms with Gasteiger partial charge in [-0.25, -0.2) is 9.50 Å². The Bertz CT molecular complexity index is 643. The first kappa shape index (κ1) is 14.0. The zero-order chi connectivity index (χ0) is 14.8. The summed E-state index contributed by atoms with van der Waals surface area (Å²) in [5, 5.41) is 4.30. The van der Waals surface area contributed by atoms with Crippen LogP contribution in [0.15, 0.2) is 12.3 Å². The third-order valence-corrected chi connectivity index (χ3v) is 4.31. The average Bonchev–Trinajstić information content (AvgIpc) is 2.75. The second kappa shape index (κ2) is 5.79. The number of aromatic nitrogens is 4. The normalized spacial score (nSPS) is 16.9. The SMILES string of the molecule is Cc1ccnc2nc(C(=O)N(C)C3CCCCCC3)nn12. The molecule has 0 saturated heterocycles. The van der Waals surface area contributed by atoms with E-state index in [2.05, 4.69) is 15.1 Å². The van der Waals surface area contributed by atoms with E-state index >= 15 is 0 Å². The molecule has 1 amide bonds. The lowest BCUT2D eigenvalue weighted by molar-refractivity contribution is 0.0705.